The van der Waals surface area contributed by atoms with E-state index in [-0.39, 0.29) is 0 Å². The highest BCUT2D eigenvalue weighted by atomic mass is 35.5. The molecule has 0 aliphatic carbocycles. The Bertz CT molecular complexity index is 377. The summed E-state index contributed by atoms with van der Waals surface area (Å²) in [6.07, 6.45) is 0.797. The fourth-order valence-electron chi connectivity index (χ4n) is 0.969. The third-order valence-corrected chi connectivity index (χ3v) is 2.25. The monoisotopic (exact) mass is 226 g/mol. The van der Waals surface area contributed by atoms with Crippen LogP contribution in [0.1, 0.15) is 24.7 Å². The largest absolute Gasteiger partial charge is 0.475 e. The molecule has 82 valence electrons. The Morgan fingerprint density at radius 2 is 1.93 bits per heavy atom. The summed E-state index contributed by atoms with van der Waals surface area (Å²) in [5, 5.41) is 0.319. The van der Waals surface area contributed by atoms with E-state index in [2.05, 4.69) is 16.5 Å². The molecule has 0 spiro atoms. The van der Waals surface area contributed by atoms with Crippen LogP contribution in [0.3, 0.4) is 0 Å². The summed E-state index contributed by atoms with van der Waals surface area (Å²) < 4.78 is 5.42. The van der Waals surface area contributed by atoms with Gasteiger partial charge in [0.1, 0.15) is 0 Å². The van der Waals surface area contributed by atoms with Gasteiger partial charge < -0.3 is 4.74 Å². The average Bonchev–Trinajstić information content (AvgIpc) is 2.13. The minimum atomic E-state index is 0.319. The molecule has 1 rings (SSSR count). The van der Waals surface area contributed by atoms with Crippen LogP contribution < -0.4 is 4.74 Å². The number of hydrogen-bond donors (Lipinski definition) is 0. The second kappa shape index (κ2) is 5.12. The molecule has 0 atom stereocenters. The van der Waals surface area contributed by atoms with Crippen molar-refractivity contribution >= 4 is 11.6 Å². The van der Waals surface area contributed by atoms with Crippen molar-refractivity contribution in [1.82, 2.24) is 9.97 Å². The highest BCUT2D eigenvalue weighted by Gasteiger charge is 2.07. The lowest BCUT2D eigenvalue weighted by molar-refractivity contribution is 0.307. The molecule has 0 amide bonds. The standard InChI is InChI=1S/C11H15ClN2O/c1-7(2)5-6-15-11-10(12)13-8(3)9(4)14-11/h1,5-6H2,2-4H3. The first kappa shape index (κ1) is 12.0. The molecule has 0 saturated carbocycles. The Morgan fingerprint density at radius 3 is 2.53 bits per heavy atom. The second-order valence-electron chi connectivity index (χ2n) is 3.55. The zero-order valence-electron chi connectivity index (χ0n) is 9.30. The van der Waals surface area contributed by atoms with Crippen LogP contribution in [0.25, 0.3) is 0 Å². The summed E-state index contributed by atoms with van der Waals surface area (Å²) in [6, 6.07) is 0. The minimum absolute atomic E-state index is 0.319. The van der Waals surface area contributed by atoms with Crippen molar-refractivity contribution in [2.45, 2.75) is 27.2 Å². The maximum absolute atomic E-state index is 5.90. The Hall–Kier alpha value is -1.09. The summed E-state index contributed by atoms with van der Waals surface area (Å²) >= 11 is 5.90. The van der Waals surface area contributed by atoms with Crippen molar-refractivity contribution in [2.24, 2.45) is 0 Å². The number of aromatic nitrogens is 2. The molecule has 0 N–H and O–H groups in total. The molecular formula is C11H15ClN2O. The van der Waals surface area contributed by atoms with E-state index in [9.17, 15) is 0 Å². The zero-order valence-corrected chi connectivity index (χ0v) is 10.1. The van der Waals surface area contributed by atoms with Gasteiger partial charge >= 0.3 is 0 Å². The molecule has 1 heterocycles. The number of hydrogen-bond acceptors (Lipinski definition) is 3. The molecule has 0 saturated heterocycles. The quantitative estimate of drug-likeness (QED) is 0.740. The molecule has 0 bridgehead atoms. The smallest absolute Gasteiger partial charge is 0.252 e. The molecule has 0 aliphatic rings. The van der Waals surface area contributed by atoms with E-state index < -0.39 is 0 Å². The molecule has 1 aromatic heterocycles. The van der Waals surface area contributed by atoms with Gasteiger partial charge in [-0.3, -0.25) is 0 Å². The first-order valence-electron chi connectivity index (χ1n) is 4.78. The van der Waals surface area contributed by atoms with Gasteiger partial charge in [-0.2, -0.15) is 0 Å². The lowest BCUT2D eigenvalue weighted by atomic mass is 10.3. The Morgan fingerprint density at radius 1 is 1.33 bits per heavy atom. The van der Waals surface area contributed by atoms with Gasteiger partial charge in [-0.05, 0) is 20.8 Å². The molecule has 15 heavy (non-hydrogen) atoms. The molecule has 0 fully saturated rings. The molecule has 0 aliphatic heterocycles. The summed E-state index contributed by atoms with van der Waals surface area (Å²) in [4.78, 5) is 8.35. The maximum atomic E-state index is 5.90. The molecule has 0 aromatic carbocycles. The topological polar surface area (TPSA) is 35.0 Å². The summed E-state index contributed by atoms with van der Waals surface area (Å²) in [6.45, 7) is 10.0. The van der Waals surface area contributed by atoms with E-state index in [1.165, 1.54) is 0 Å². The average molecular weight is 227 g/mol. The molecule has 4 heteroatoms. The molecular weight excluding hydrogens is 212 g/mol. The van der Waals surface area contributed by atoms with Crippen molar-refractivity contribution in [1.29, 1.82) is 0 Å². The SMILES string of the molecule is C=C(C)CCOc1nc(C)c(C)nc1Cl. The number of rotatable bonds is 4. The fourth-order valence-corrected chi connectivity index (χ4v) is 1.19. The van der Waals surface area contributed by atoms with E-state index in [1.807, 2.05) is 20.8 Å². The lowest BCUT2D eigenvalue weighted by Gasteiger charge is -2.08. The maximum Gasteiger partial charge on any atom is 0.252 e. The van der Waals surface area contributed by atoms with Crippen LogP contribution in [0.5, 0.6) is 5.88 Å². The van der Waals surface area contributed by atoms with Crippen LogP contribution in [0, 0.1) is 13.8 Å². The zero-order chi connectivity index (χ0) is 11.4. The first-order chi connectivity index (χ1) is 7.00. The van der Waals surface area contributed by atoms with Crippen LogP contribution in [-0.4, -0.2) is 16.6 Å². The van der Waals surface area contributed by atoms with E-state index >= 15 is 0 Å². The van der Waals surface area contributed by atoms with Crippen molar-refractivity contribution in [3.8, 4) is 5.88 Å². The van der Waals surface area contributed by atoms with Crippen molar-refractivity contribution in [3.05, 3.63) is 28.7 Å². The fraction of sp³-hybridized carbons (Fsp3) is 0.455. The number of aryl methyl sites for hydroxylation is 2. The van der Waals surface area contributed by atoms with Gasteiger partial charge in [0.05, 0.1) is 18.0 Å². The summed E-state index contributed by atoms with van der Waals surface area (Å²) in [5.41, 5.74) is 2.74. The Kier molecular flexibility index (Phi) is 4.09. The van der Waals surface area contributed by atoms with Crippen LogP contribution in [0.15, 0.2) is 12.2 Å². The Labute approximate surface area is 95.2 Å². The van der Waals surface area contributed by atoms with Crippen molar-refractivity contribution in [2.75, 3.05) is 6.61 Å². The molecule has 0 radical (unpaired) electrons. The molecule has 0 unspecified atom stereocenters. The predicted octanol–water partition coefficient (Wildman–Crippen LogP) is 3.09. The first-order valence-corrected chi connectivity index (χ1v) is 5.16. The van der Waals surface area contributed by atoms with Crippen LogP contribution in [0.2, 0.25) is 5.15 Å². The van der Waals surface area contributed by atoms with Crippen LogP contribution >= 0.6 is 11.6 Å². The van der Waals surface area contributed by atoms with Gasteiger partial charge in [0.2, 0.25) is 0 Å². The van der Waals surface area contributed by atoms with Gasteiger partial charge in [0.25, 0.3) is 5.88 Å². The van der Waals surface area contributed by atoms with E-state index in [0.717, 1.165) is 23.4 Å². The van der Waals surface area contributed by atoms with Crippen LogP contribution in [0.4, 0.5) is 0 Å². The van der Waals surface area contributed by atoms with Gasteiger partial charge in [-0.1, -0.05) is 17.2 Å². The highest BCUT2D eigenvalue weighted by Crippen LogP contribution is 2.20. The van der Waals surface area contributed by atoms with E-state index in [0.29, 0.717) is 17.6 Å². The van der Waals surface area contributed by atoms with Gasteiger partial charge in [0, 0.05) is 6.42 Å². The van der Waals surface area contributed by atoms with Gasteiger partial charge in [-0.15, -0.1) is 6.58 Å². The molecule has 3 nitrogen and oxygen atoms in total. The third-order valence-electron chi connectivity index (χ3n) is 2.00. The normalized spacial score (nSPS) is 10.1. The summed E-state index contributed by atoms with van der Waals surface area (Å²) in [7, 11) is 0. The minimum Gasteiger partial charge on any atom is -0.475 e. The number of ether oxygens (including phenoxy) is 1. The van der Waals surface area contributed by atoms with Crippen LogP contribution in [-0.2, 0) is 0 Å². The van der Waals surface area contributed by atoms with Crippen molar-refractivity contribution < 1.29 is 4.74 Å². The predicted molar refractivity (Wildman–Crippen MR) is 61.4 cm³/mol. The molecule has 1 aromatic rings. The number of halogens is 1. The third kappa shape index (κ3) is 3.51. The van der Waals surface area contributed by atoms with E-state index in [1.54, 1.807) is 0 Å². The summed E-state index contributed by atoms with van der Waals surface area (Å²) in [5.74, 6) is 0.404. The highest BCUT2D eigenvalue weighted by molar-refractivity contribution is 6.30. The second-order valence-corrected chi connectivity index (χ2v) is 3.90. The van der Waals surface area contributed by atoms with Gasteiger partial charge in [0.15, 0.2) is 5.15 Å². The Balaban J connectivity index is 2.69. The van der Waals surface area contributed by atoms with Crippen molar-refractivity contribution in [3.63, 3.8) is 0 Å². The van der Waals surface area contributed by atoms with Gasteiger partial charge in [-0.25, -0.2) is 9.97 Å². The lowest BCUT2D eigenvalue weighted by Crippen LogP contribution is -2.03. The van der Waals surface area contributed by atoms with E-state index in [4.69, 9.17) is 16.3 Å². The number of nitrogens with zero attached hydrogens (tertiary/aromatic N) is 2.